The first kappa shape index (κ1) is 8.32. The standard InChI is InChI=1S/C7H7N3O2/c1-5(11)9-7-3-2-6(10-12)4-8-7/h2-4H,1H3,(H,8,9,11). The van der Waals surface area contributed by atoms with E-state index < -0.39 is 0 Å². The number of aromatic nitrogens is 1. The number of hydrogen-bond acceptors (Lipinski definition) is 4. The highest BCUT2D eigenvalue weighted by Gasteiger charge is 1.96. The molecule has 0 aliphatic heterocycles. The van der Waals surface area contributed by atoms with Crippen molar-refractivity contribution >= 4 is 17.4 Å². The van der Waals surface area contributed by atoms with Crippen molar-refractivity contribution in [2.45, 2.75) is 6.92 Å². The number of nitroso groups, excluding NO2 is 1. The molecule has 0 aliphatic rings. The summed E-state index contributed by atoms with van der Waals surface area (Å²) < 4.78 is 0. The summed E-state index contributed by atoms with van der Waals surface area (Å²) in [4.78, 5) is 24.3. The lowest BCUT2D eigenvalue weighted by atomic mass is 10.4. The Kier molecular flexibility index (Phi) is 2.47. The molecule has 0 bridgehead atoms. The molecule has 0 aliphatic carbocycles. The molecule has 0 saturated heterocycles. The van der Waals surface area contributed by atoms with Gasteiger partial charge >= 0.3 is 0 Å². The van der Waals surface area contributed by atoms with Crippen LogP contribution in [0.4, 0.5) is 11.5 Å². The number of carbonyl (C=O) groups excluding carboxylic acids is 1. The first-order chi connectivity index (χ1) is 5.72. The molecule has 5 heteroatoms. The summed E-state index contributed by atoms with van der Waals surface area (Å²) in [6.45, 7) is 1.38. The Balaban J connectivity index is 2.77. The highest BCUT2D eigenvalue weighted by atomic mass is 16.3. The third-order valence-corrected chi connectivity index (χ3v) is 1.16. The lowest BCUT2D eigenvalue weighted by Crippen LogP contribution is -2.06. The Hall–Kier alpha value is -1.78. The fourth-order valence-electron chi connectivity index (χ4n) is 0.694. The molecular weight excluding hydrogens is 158 g/mol. The summed E-state index contributed by atoms with van der Waals surface area (Å²) in [7, 11) is 0. The zero-order valence-corrected chi connectivity index (χ0v) is 6.44. The number of nitrogens with one attached hydrogen (secondary N) is 1. The van der Waals surface area contributed by atoms with Crippen LogP contribution in [0.2, 0.25) is 0 Å². The molecule has 0 saturated carbocycles. The first-order valence-corrected chi connectivity index (χ1v) is 3.29. The van der Waals surface area contributed by atoms with E-state index in [1.54, 1.807) is 0 Å². The van der Waals surface area contributed by atoms with Crippen molar-refractivity contribution in [3.05, 3.63) is 23.2 Å². The Morgan fingerprint density at radius 2 is 2.33 bits per heavy atom. The minimum Gasteiger partial charge on any atom is -0.311 e. The molecule has 0 unspecified atom stereocenters. The fourth-order valence-corrected chi connectivity index (χ4v) is 0.694. The number of carbonyl (C=O) groups is 1. The molecule has 0 aromatic carbocycles. The van der Waals surface area contributed by atoms with Crippen LogP contribution >= 0.6 is 0 Å². The normalized spacial score (nSPS) is 9.08. The van der Waals surface area contributed by atoms with E-state index in [9.17, 15) is 9.70 Å². The van der Waals surface area contributed by atoms with Gasteiger partial charge in [-0.15, -0.1) is 4.91 Å². The second kappa shape index (κ2) is 3.56. The minimum atomic E-state index is -0.200. The van der Waals surface area contributed by atoms with Gasteiger partial charge in [0.1, 0.15) is 11.5 Å². The van der Waals surface area contributed by atoms with Crippen LogP contribution in [0.25, 0.3) is 0 Å². The predicted molar refractivity (Wildman–Crippen MR) is 44.0 cm³/mol. The van der Waals surface area contributed by atoms with Gasteiger partial charge in [-0.2, -0.15) is 0 Å². The van der Waals surface area contributed by atoms with Crippen LogP contribution in [0.15, 0.2) is 23.5 Å². The molecule has 0 atom stereocenters. The van der Waals surface area contributed by atoms with Gasteiger partial charge in [0.25, 0.3) is 0 Å². The highest BCUT2D eigenvalue weighted by molar-refractivity contribution is 5.87. The van der Waals surface area contributed by atoms with Gasteiger partial charge in [0.15, 0.2) is 0 Å². The van der Waals surface area contributed by atoms with Crippen molar-refractivity contribution in [3.63, 3.8) is 0 Å². The van der Waals surface area contributed by atoms with E-state index in [0.29, 0.717) is 5.82 Å². The zero-order chi connectivity index (χ0) is 8.97. The lowest BCUT2D eigenvalue weighted by molar-refractivity contribution is -0.114. The maximum absolute atomic E-state index is 10.5. The molecule has 1 heterocycles. The summed E-state index contributed by atoms with van der Waals surface area (Å²) in [6, 6.07) is 2.99. The summed E-state index contributed by atoms with van der Waals surface area (Å²) in [5.74, 6) is 0.212. The van der Waals surface area contributed by atoms with Gasteiger partial charge in [0.05, 0.1) is 6.20 Å². The predicted octanol–water partition coefficient (Wildman–Crippen LogP) is 1.44. The summed E-state index contributed by atoms with van der Waals surface area (Å²) in [6.07, 6.45) is 1.29. The molecule has 0 spiro atoms. The number of nitrogens with zero attached hydrogens (tertiary/aromatic N) is 2. The number of pyridine rings is 1. The molecule has 62 valence electrons. The molecule has 1 amide bonds. The van der Waals surface area contributed by atoms with E-state index >= 15 is 0 Å². The molecule has 1 N–H and O–H groups in total. The minimum absolute atomic E-state index is 0.200. The molecule has 0 fully saturated rings. The Morgan fingerprint density at radius 3 is 2.75 bits per heavy atom. The van der Waals surface area contributed by atoms with Gasteiger partial charge < -0.3 is 5.32 Å². The largest absolute Gasteiger partial charge is 0.311 e. The fraction of sp³-hybridized carbons (Fsp3) is 0.143. The van der Waals surface area contributed by atoms with Crippen LogP contribution in [0.1, 0.15) is 6.92 Å². The van der Waals surface area contributed by atoms with Gasteiger partial charge in [0, 0.05) is 6.92 Å². The smallest absolute Gasteiger partial charge is 0.222 e. The maximum atomic E-state index is 10.5. The van der Waals surface area contributed by atoms with Crippen molar-refractivity contribution < 1.29 is 4.79 Å². The van der Waals surface area contributed by atoms with Crippen molar-refractivity contribution in [2.24, 2.45) is 5.18 Å². The summed E-state index contributed by atoms with van der Waals surface area (Å²) in [5.41, 5.74) is 0.240. The van der Waals surface area contributed by atoms with Crippen molar-refractivity contribution in [1.82, 2.24) is 4.98 Å². The van der Waals surface area contributed by atoms with Crippen LogP contribution in [0.3, 0.4) is 0 Å². The first-order valence-electron chi connectivity index (χ1n) is 3.29. The Morgan fingerprint density at radius 1 is 1.58 bits per heavy atom. The Bertz CT molecular complexity index is 294. The molecule has 1 aromatic heterocycles. The van der Waals surface area contributed by atoms with Crippen molar-refractivity contribution in [1.29, 1.82) is 0 Å². The average molecular weight is 165 g/mol. The molecule has 12 heavy (non-hydrogen) atoms. The second-order valence-electron chi connectivity index (χ2n) is 2.17. The second-order valence-corrected chi connectivity index (χ2v) is 2.17. The van der Waals surface area contributed by atoms with Crippen molar-refractivity contribution in [2.75, 3.05) is 5.32 Å². The van der Waals surface area contributed by atoms with Crippen LogP contribution in [0, 0.1) is 4.91 Å². The molecule has 1 aromatic rings. The molecular formula is C7H7N3O2. The van der Waals surface area contributed by atoms with E-state index in [0.717, 1.165) is 0 Å². The number of amides is 1. The van der Waals surface area contributed by atoms with E-state index in [-0.39, 0.29) is 11.6 Å². The maximum Gasteiger partial charge on any atom is 0.222 e. The lowest BCUT2D eigenvalue weighted by Gasteiger charge is -1.98. The van der Waals surface area contributed by atoms with E-state index in [1.165, 1.54) is 25.3 Å². The number of rotatable bonds is 2. The third kappa shape index (κ3) is 2.12. The van der Waals surface area contributed by atoms with E-state index in [4.69, 9.17) is 0 Å². The van der Waals surface area contributed by atoms with Gasteiger partial charge in [0.2, 0.25) is 5.91 Å². The van der Waals surface area contributed by atoms with E-state index in [2.05, 4.69) is 15.5 Å². The van der Waals surface area contributed by atoms with Crippen LogP contribution in [-0.2, 0) is 4.79 Å². The quantitative estimate of drug-likeness (QED) is 0.674. The van der Waals surface area contributed by atoms with Gasteiger partial charge in [-0.25, -0.2) is 4.98 Å². The van der Waals surface area contributed by atoms with Gasteiger partial charge in [-0.3, -0.25) is 4.79 Å². The SMILES string of the molecule is CC(=O)Nc1ccc(N=O)cn1. The van der Waals surface area contributed by atoms with E-state index in [1.807, 2.05) is 0 Å². The van der Waals surface area contributed by atoms with Crippen LogP contribution < -0.4 is 5.32 Å². The average Bonchev–Trinajstić information content (AvgIpc) is 2.05. The highest BCUT2D eigenvalue weighted by Crippen LogP contribution is 2.11. The van der Waals surface area contributed by atoms with Crippen molar-refractivity contribution in [3.8, 4) is 0 Å². The van der Waals surface area contributed by atoms with Gasteiger partial charge in [-0.05, 0) is 17.3 Å². The topological polar surface area (TPSA) is 71.4 Å². The number of anilines is 1. The van der Waals surface area contributed by atoms with Crippen LogP contribution in [0.5, 0.6) is 0 Å². The van der Waals surface area contributed by atoms with Gasteiger partial charge in [-0.1, -0.05) is 0 Å². The summed E-state index contributed by atoms with van der Waals surface area (Å²) >= 11 is 0. The molecule has 0 radical (unpaired) electrons. The van der Waals surface area contributed by atoms with Crippen LogP contribution in [-0.4, -0.2) is 10.9 Å². The number of hydrogen-bond donors (Lipinski definition) is 1. The monoisotopic (exact) mass is 165 g/mol. The third-order valence-electron chi connectivity index (χ3n) is 1.16. The zero-order valence-electron chi connectivity index (χ0n) is 6.44. The molecule has 1 rings (SSSR count). The Labute approximate surface area is 68.8 Å². The summed E-state index contributed by atoms with van der Waals surface area (Å²) in [5, 5.41) is 5.13. The molecule has 5 nitrogen and oxygen atoms in total.